The molecule has 0 spiro atoms. The lowest BCUT2D eigenvalue weighted by Crippen LogP contribution is -2.41. The molecule has 0 aliphatic carbocycles. The van der Waals surface area contributed by atoms with Gasteiger partial charge in [0.2, 0.25) is 0 Å². The summed E-state index contributed by atoms with van der Waals surface area (Å²) in [6.07, 6.45) is 1.81. The highest BCUT2D eigenvalue weighted by Crippen LogP contribution is 2.29. The molecule has 1 N–H and O–H groups in total. The van der Waals surface area contributed by atoms with Crippen LogP contribution < -0.4 is 0 Å². The van der Waals surface area contributed by atoms with Crippen molar-refractivity contribution in [3.05, 3.63) is 0 Å². The fraction of sp³-hybridized carbons (Fsp3) is 0.923. The summed E-state index contributed by atoms with van der Waals surface area (Å²) in [6, 6.07) is 0. The van der Waals surface area contributed by atoms with Crippen molar-refractivity contribution < 1.29 is 14.6 Å². The molecule has 0 amide bonds. The first-order valence-electron chi connectivity index (χ1n) is 6.49. The van der Waals surface area contributed by atoms with Crippen molar-refractivity contribution in [1.29, 1.82) is 0 Å². The number of piperidine rings is 1. The van der Waals surface area contributed by atoms with Gasteiger partial charge in [0.15, 0.2) is 0 Å². The molecular formula is C13H25NO3. The number of aliphatic hydroxyl groups excluding tert-OH is 1. The van der Waals surface area contributed by atoms with Crippen LogP contribution in [0.5, 0.6) is 0 Å². The van der Waals surface area contributed by atoms with E-state index in [4.69, 9.17) is 4.74 Å². The van der Waals surface area contributed by atoms with Gasteiger partial charge in [0.25, 0.3) is 0 Å². The van der Waals surface area contributed by atoms with E-state index in [1.54, 1.807) is 6.92 Å². The third-order valence-corrected chi connectivity index (χ3v) is 3.39. The van der Waals surface area contributed by atoms with Crippen LogP contribution in [0.3, 0.4) is 0 Å². The Morgan fingerprint density at radius 1 is 1.41 bits per heavy atom. The number of aliphatic hydroxyl groups is 1. The Labute approximate surface area is 104 Å². The van der Waals surface area contributed by atoms with Gasteiger partial charge in [0.05, 0.1) is 19.1 Å². The van der Waals surface area contributed by atoms with Gasteiger partial charge in [0.1, 0.15) is 0 Å². The van der Waals surface area contributed by atoms with Crippen LogP contribution in [0.25, 0.3) is 0 Å². The fourth-order valence-corrected chi connectivity index (χ4v) is 2.12. The summed E-state index contributed by atoms with van der Waals surface area (Å²) in [5.74, 6) is -0.308. The summed E-state index contributed by atoms with van der Waals surface area (Å²) < 4.78 is 4.82. The van der Waals surface area contributed by atoms with Crippen molar-refractivity contribution in [3.8, 4) is 0 Å². The van der Waals surface area contributed by atoms with Gasteiger partial charge < -0.3 is 14.7 Å². The van der Waals surface area contributed by atoms with Gasteiger partial charge in [-0.1, -0.05) is 13.8 Å². The molecule has 0 aromatic carbocycles. The second-order valence-corrected chi connectivity index (χ2v) is 5.63. The van der Waals surface area contributed by atoms with Crippen LogP contribution in [0, 0.1) is 5.41 Å². The second-order valence-electron chi connectivity index (χ2n) is 5.63. The summed E-state index contributed by atoms with van der Waals surface area (Å²) in [5, 5.41) is 9.79. The number of carbonyl (C=O) groups excluding carboxylic acids is 1. The molecule has 0 bridgehead atoms. The number of esters is 1. The van der Waals surface area contributed by atoms with Crippen LogP contribution >= 0.6 is 0 Å². The molecule has 1 aliphatic rings. The SMILES string of the molecule is CCOC(=O)CC(O)CN1CCC(C)(C)CC1. The number of hydrogen-bond donors (Lipinski definition) is 1. The summed E-state index contributed by atoms with van der Waals surface area (Å²) in [6.45, 7) is 9.30. The number of ether oxygens (including phenoxy) is 1. The highest BCUT2D eigenvalue weighted by atomic mass is 16.5. The number of hydrogen-bond acceptors (Lipinski definition) is 4. The van der Waals surface area contributed by atoms with Crippen molar-refractivity contribution >= 4 is 5.97 Å². The topological polar surface area (TPSA) is 49.8 Å². The maximum absolute atomic E-state index is 11.2. The molecule has 1 unspecified atom stereocenters. The summed E-state index contributed by atoms with van der Waals surface area (Å²) in [7, 11) is 0. The Morgan fingerprint density at radius 2 is 2.00 bits per heavy atom. The zero-order chi connectivity index (χ0) is 12.9. The zero-order valence-corrected chi connectivity index (χ0v) is 11.2. The van der Waals surface area contributed by atoms with Crippen molar-refractivity contribution in [2.45, 2.75) is 46.1 Å². The maximum atomic E-state index is 11.2. The zero-order valence-electron chi connectivity index (χ0n) is 11.2. The van der Waals surface area contributed by atoms with Gasteiger partial charge >= 0.3 is 5.97 Å². The van der Waals surface area contributed by atoms with Gasteiger partial charge in [0, 0.05) is 6.54 Å². The lowest BCUT2D eigenvalue weighted by molar-refractivity contribution is -0.145. The van der Waals surface area contributed by atoms with E-state index in [0.717, 1.165) is 25.9 Å². The van der Waals surface area contributed by atoms with Gasteiger partial charge in [-0.3, -0.25) is 4.79 Å². The molecule has 1 heterocycles. The highest BCUT2D eigenvalue weighted by Gasteiger charge is 2.26. The smallest absolute Gasteiger partial charge is 0.308 e. The quantitative estimate of drug-likeness (QED) is 0.742. The first kappa shape index (κ1) is 14.5. The minimum absolute atomic E-state index is 0.105. The van der Waals surface area contributed by atoms with Crippen molar-refractivity contribution in [2.75, 3.05) is 26.2 Å². The van der Waals surface area contributed by atoms with E-state index in [2.05, 4.69) is 18.7 Å². The standard InChI is InChI=1S/C13H25NO3/c1-4-17-12(16)9-11(15)10-14-7-5-13(2,3)6-8-14/h11,15H,4-10H2,1-3H3. The minimum Gasteiger partial charge on any atom is -0.466 e. The Balaban J connectivity index is 2.23. The largest absolute Gasteiger partial charge is 0.466 e. The van der Waals surface area contributed by atoms with Crippen molar-refractivity contribution in [1.82, 2.24) is 4.90 Å². The van der Waals surface area contributed by atoms with E-state index in [0.29, 0.717) is 18.6 Å². The average molecular weight is 243 g/mol. The normalized spacial score (nSPS) is 22.1. The fourth-order valence-electron chi connectivity index (χ4n) is 2.12. The lowest BCUT2D eigenvalue weighted by Gasteiger charge is -2.37. The molecule has 0 radical (unpaired) electrons. The summed E-state index contributed by atoms with van der Waals surface area (Å²) >= 11 is 0. The predicted octanol–water partition coefficient (Wildman–Crippen LogP) is 1.42. The molecule has 1 fully saturated rings. The van der Waals surface area contributed by atoms with Crippen LogP contribution in [0.1, 0.15) is 40.0 Å². The molecule has 17 heavy (non-hydrogen) atoms. The van der Waals surface area contributed by atoms with Crippen molar-refractivity contribution in [3.63, 3.8) is 0 Å². The third kappa shape index (κ3) is 5.50. The number of rotatable bonds is 5. The van der Waals surface area contributed by atoms with Crippen LogP contribution in [-0.2, 0) is 9.53 Å². The first-order chi connectivity index (χ1) is 7.93. The monoisotopic (exact) mass is 243 g/mol. The summed E-state index contributed by atoms with van der Waals surface area (Å²) in [4.78, 5) is 13.4. The molecule has 1 saturated heterocycles. The Hall–Kier alpha value is -0.610. The van der Waals surface area contributed by atoms with Crippen LogP contribution in [-0.4, -0.2) is 48.3 Å². The van der Waals surface area contributed by atoms with Gasteiger partial charge in [-0.2, -0.15) is 0 Å². The molecule has 0 aromatic rings. The Kier molecular flexibility index (Phi) is 5.40. The first-order valence-corrected chi connectivity index (χ1v) is 6.49. The molecular weight excluding hydrogens is 218 g/mol. The molecule has 1 aliphatic heterocycles. The van der Waals surface area contributed by atoms with Crippen LogP contribution in [0.15, 0.2) is 0 Å². The number of β-amino-alcohol motifs (C(OH)–C–C–N with tert-alkyl or cyclic N) is 1. The highest BCUT2D eigenvalue weighted by molar-refractivity contribution is 5.69. The number of nitrogens with zero attached hydrogens (tertiary/aromatic N) is 1. The number of likely N-dealkylation sites (tertiary alicyclic amines) is 1. The third-order valence-electron chi connectivity index (χ3n) is 3.39. The lowest BCUT2D eigenvalue weighted by atomic mass is 9.82. The molecule has 4 heteroatoms. The molecule has 0 aromatic heterocycles. The molecule has 1 atom stereocenters. The van der Waals surface area contributed by atoms with E-state index >= 15 is 0 Å². The maximum Gasteiger partial charge on any atom is 0.308 e. The molecule has 4 nitrogen and oxygen atoms in total. The van der Waals surface area contributed by atoms with E-state index in [-0.39, 0.29) is 12.4 Å². The van der Waals surface area contributed by atoms with E-state index < -0.39 is 6.10 Å². The molecule has 0 saturated carbocycles. The van der Waals surface area contributed by atoms with Gasteiger partial charge in [-0.05, 0) is 38.3 Å². The predicted molar refractivity (Wildman–Crippen MR) is 66.7 cm³/mol. The Bertz CT molecular complexity index is 243. The molecule has 100 valence electrons. The second kappa shape index (κ2) is 6.36. The van der Waals surface area contributed by atoms with E-state index in [1.165, 1.54) is 0 Å². The summed E-state index contributed by atoms with van der Waals surface area (Å²) in [5.41, 5.74) is 0.419. The Morgan fingerprint density at radius 3 is 2.53 bits per heavy atom. The molecule has 1 rings (SSSR count). The minimum atomic E-state index is -0.602. The average Bonchev–Trinajstić information content (AvgIpc) is 2.21. The van der Waals surface area contributed by atoms with Crippen LogP contribution in [0.4, 0.5) is 0 Å². The van der Waals surface area contributed by atoms with E-state index in [9.17, 15) is 9.90 Å². The van der Waals surface area contributed by atoms with Gasteiger partial charge in [-0.25, -0.2) is 0 Å². The van der Waals surface area contributed by atoms with E-state index in [1.807, 2.05) is 0 Å². The van der Waals surface area contributed by atoms with Crippen LogP contribution in [0.2, 0.25) is 0 Å². The number of carbonyl (C=O) groups is 1. The van der Waals surface area contributed by atoms with Gasteiger partial charge in [-0.15, -0.1) is 0 Å². The van der Waals surface area contributed by atoms with Crippen molar-refractivity contribution in [2.24, 2.45) is 5.41 Å².